The molecule has 1 aromatic heterocycles. The lowest BCUT2D eigenvalue weighted by Crippen LogP contribution is -2.15. The highest BCUT2D eigenvalue weighted by Crippen LogP contribution is 2.28. The standard InChI is InChI=1S/C13H12BrClN2O2S/c1-16(8-11-3-5-13(15)20-11)10-2-4-12(17(18)19)9(6-10)7-14/h2-6H,7-8H2,1H3. The molecule has 106 valence electrons. The second-order valence-corrected chi connectivity index (χ2v) is 6.63. The number of benzene rings is 1. The molecule has 2 rings (SSSR count). The van der Waals surface area contributed by atoms with Crippen LogP contribution < -0.4 is 4.90 Å². The van der Waals surface area contributed by atoms with E-state index in [-0.39, 0.29) is 10.6 Å². The highest BCUT2D eigenvalue weighted by molar-refractivity contribution is 9.08. The maximum Gasteiger partial charge on any atom is 0.273 e. The van der Waals surface area contributed by atoms with Gasteiger partial charge in [0.1, 0.15) is 0 Å². The number of thiophene rings is 1. The number of anilines is 1. The third-order valence-electron chi connectivity index (χ3n) is 2.87. The van der Waals surface area contributed by atoms with Crippen LogP contribution in [-0.2, 0) is 11.9 Å². The topological polar surface area (TPSA) is 46.4 Å². The summed E-state index contributed by atoms with van der Waals surface area (Å²) >= 11 is 10.7. The first-order valence-corrected chi connectivity index (χ1v) is 8.11. The largest absolute Gasteiger partial charge is 0.369 e. The molecule has 20 heavy (non-hydrogen) atoms. The molecule has 1 heterocycles. The molecule has 4 nitrogen and oxygen atoms in total. The predicted molar refractivity (Wildman–Crippen MR) is 87.2 cm³/mol. The van der Waals surface area contributed by atoms with Crippen molar-refractivity contribution in [3.05, 3.63) is 55.2 Å². The number of nitro groups is 1. The third kappa shape index (κ3) is 3.50. The summed E-state index contributed by atoms with van der Waals surface area (Å²) < 4.78 is 0.762. The number of rotatable bonds is 5. The molecular weight excluding hydrogens is 364 g/mol. The summed E-state index contributed by atoms with van der Waals surface area (Å²) in [4.78, 5) is 13.7. The van der Waals surface area contributed by atoms with Crippen LogP contribution in [0.5, 0.6) is 0 Å². The van der Waals surface area contributed by atoms with Gasteiger partial charge in [0.2, 0.25) is 0 Å². The lowest BCUT2D eigenvalue weighted by atomic mass is 10.1. The van der Waals surface area contributed by atoms with Crippen LogP contribution in [0.4, 0.5) is 11.4 Å². The fraction of sp³-hybridized carbons (Fsp3) is 0.231. The Hall–Kier alpha value is -1.11. The molecule has 0 aliphatic heterocycles. The van der Waals surface area contributed by atoms with E-state index in [9.17, 15) is 10.1 Å². The molecule has 0 amide bonds. The van der Waals surface area contributed by atoms with Gasteiger partial charge < -0.3 is 4.90 Å². The summed E-state index contributed by atoms with van der Waals surface area (Å²) in [6.07, 6.45) is 0. The number of alkyl halides is 1. The quantitative estimate of drug-likeness (QED) is 0.427. The molecular formula is C13H12BrClN2O2S. The van der Waals surface area contributed by atoms with Crippen LogP contribution in [0.15, 0.2) is 30.3 Å². The molecule has 0 saturated heterocycles. The van der Waals surface area contributed by atoms with Crippen molar-refractivity contribution < 1.29 is 4.92 Å². The van der Waals surface area contributed by atoms with E-state index in [0.29, 0.717) is 10.9 Å². The van der Waals surface area contributed by atoms with Gasteiger partial charge in [0.15, 0.2) is 0 Å². The van der Waals surface area contributed by atoms with Gasteiger partial charge in [0, 0.05) is 34.6 Å². The van der Waals surface area contributed by atoms with Crippen LogP contribution in [0.3, 0.4) is 0 Å². The van der Waals surface area contributed by atoms with E-state index in [2.05, 4.69) is 15.9 Å². The monoisotopic (exact) mass is 374 g/mol. The van der Waals surface area contributed by atoms with Gasteiger partial charge >= 0.3 is 0 Å². The van der Waals surface area contributed by atoms with E-state index in [1.165, 1.54) is 11.3 Å². The minimum Gasteiger partial charge on any atom is -0.369 e. The average Bonchev–Trinajstić information content (AvgIpc) is 2.83. The highest BCUT2D eigenvalue weighted by Gasteiger charge is 2.14. The van der Waals surface area contributed by atoms with Crippen LogP contribution in [0, 0.1) is 10.1 Å². The van der Waals surface area contributed by atoms with Crippen molar-refractivity contribution in [2.45, 2.75) is 11.9 Å². The van der Waals surface area contributed by atoms with Crippen molar-refractivity contribution in [3.63, 3.8) is 0 Å². The fourth-order valence-electron chi connectivity index (χ4n) is 1.86. The van der Waals surface area contributed by atoms with E-state index in [0.717, 1.165) is 21.4 Å². The Kier molecular flexibility index (Phi) is 5.01. The molecule has 0 aliphatic carbocycles. The highest BCUT2D eigenvalue weighted by atomic mass is 79.9. The molecule has 0 aliphatic rings. The van der Waals surface area contributed by atoms with Gasteiger partial charge in [-0.15, -0.1) is 11.3 Å². The van der Waals surface area contributed by atoms with Crippen LogP contribution in [0.1, 0.15) is 10.4 Å². The zero-order valence-electron chi connectivity index (χ0n) is 10.7. The molecule has 0 spiro atoms. The zero-order chi connectivity index (χ0) is 14.7. The Morgan fingerprint density at radius 3 is 2.70 bits per heavy atom. The van der Waals surface area contributed by atoms with Crippen molar-refractivity contribution in [3.8, 4) is 0 Å². The maximum atomic E-state index is 10.9. The van der Waals surface area contributed by atoms with Crippen LogP contribution in [-0.4, -0.2) is 12.0 Å². The van der Waals surface area contributed by atoms with E-state index < -0.39 is 0 Å². The van der Waals surface area contributed by atoms with Gasteiger partial charge in [-0.25, -0.2) is 0 Å². The number of hydrogen-bond donors (Lipinski definition) is 0. The summed E-state index contributed by atoms with van der Waals surface area (Å²) in [7, 11) is 1.95. The molecule has 7 heteroatoms. The zero-order valence-corrected chi connectivity index (χ0v) is 13.8. The van der Waals surface area contributed by atoms with Crippen LogP contribution >= 0.6 is 38.9 Å². The van der Waals surface area contributed by atoms with E-state index >= 15 is 0 Å². The van der Waals surface area contributed by atoms with Crippen LogP contribution in [0.25, 0.3) is 0 Å². The fourth-order valence-corrected chi connectivity index (χ4v) is 3.45. The second kappa shape index (κ2) is 6.56. The number of hydrogen-bond acceptors (Lipinski definition) is 4. The lowest BCUT2D eigenvalue weighted by molar-refractivity contribution is -0.385. The Labute approximate surface area is 134 Å². The van der Waals surface area contributed by atoms with Crippen molar-refractivity contribution in [2.24, 2.45) is 0 Å². The Bertz CT molecular complexity index is 633. The normalized spacial score (nSPS) is 10.6. The Balaban J connectivity index is 2.21. The molecule has 1 aromatic carbocycles. The van der Waals surface area contributed by atoms with Gasteiger partial charge in [-0.1, -0.05) is 27.5 Å². The van der Waals surface area contributed by atoms with Crippen molar-refractivity contribution in [1.82, 2.24) is 0 Å². The third-order valence-corrected chi connectivity index (χ3v) is 4.69. The first-order valence-electron chi connectivity index (χ1n) is 5.80. The van der Waals surface area contributed by atoms with E-state index in [4.69, 9.17) is 11.6 Å². The second-order valence-electron chi connectivity index (χ2n) is 4.27. The summed E-state index contributed by atoms with van der Waals surface area (Å²) in [5, 5.41) is 11.4. The minimum atomic E-state index is -0.362. The molecule has 0 saturated carbocycles. The molecule has 0 unspecified atom stereocenters. The van der Waals surface area contributed by atoms with Crippen molar-refractivity contribution >= 4 is 50.2 Å². The summed E-state index contributed by atoms with van der Waals surface area (Å²) in [6, 6.07) is 9.00. The SMILES string of the molecule is CN(Cc1ccc(Cl)s1)c1ccc([N+](=O)[O-])c(CBr)c1. The lowest BCUT2D eigenvalue weighted by Gasteiger charge is -2.19. The number of nitro benzene ring substituents is 1. The maximum absolute atomic E-state index is 10.9. The minimum absolute atomic E-state index is 0.137. The molecule has 0 radical (unpaired) electrons. The van der Waals surface area contributed by atoms with E-state index in [1.807, 2.05) is 30.1 Å². The van der Waals surface area contributed by atoms with Crippen molar-refractivity contribution in [2.75, 3.05) is 11.9 Å². The summed E-state index contributed by atoms with van der Waals surface area (Å²) in [5.41, 5.74) is 1.75. The van der Waals surface area contributed by atoms with Gasteiger partial charge in [0.25, 0.3) is 5.69 Å². The van der Waals surface area contributed by atoms with Gasteiger partial charge in [0.05, 0.1) is 15.8 Å². The first kappa shape index (κ1) is 15.3. The molecule has 0 fully saturated rings. The van der Waals surface area contributed by atoms with Crippen molar-refractivity contribution in [1.29, 1.82) is 0 Å². The Morgan fingerprint density at radius 2 is 2.15 bits per heavy atom. The van der Waals surface area contributed by atoms with E-state index in [1.54, 1.807) is 12.1 Å². The molecule has 0 bridgehead atoms. The Morgan fingerprint density at radius 1 is 1.40 bits per heavy atom. The smallest absolute Gasteiger partial charge is 0.273 e. The molecule has 0 N–H and O–H groups in total. The molecule has 0 atom stereocenters. The number of halogens is 2. The molecule has 2 aromatic rings. The van der Waals surface area contributed by atoms with Gasteiger partial charge in [-0.3, -0.25) is 10.1 Å². The van der Waals surface area contributed by atoms with Gasteiger partial charge in [-0.05, 0) is 24.3 Å². The summed E-state index contributed by atoms with van der Waals surface area (Å²) in [6.45, 7) is 0.719. The predicted octanol–water partition coefficient (Wildman–Crippen LogP) is 4.84. The first-order chi connectivity index (χ1) is 9.51. The van der Waals surface area contributed by atoms with Gasteiger partial charge in [-0.2, -0.15) is 0 Å². The van der Waals surface area contributed by atoms with Crippen LogP contribution in [0.2, 0.25) is 4.34 Å². The average molecular weight is 376 g/mol. The number of nitrogens with zero attached hydrogens (tertiary/aromatic N) is 2. The summed E-state index contributed by atoms with van der Waals surface area (Å²) in [5.74, 6) is 0.